The molecule has 38 heavy (non-hydrogen) atoms. The monoisotopic (exact) mass is 611 g/mol. The molecule has 4 rings (SSSR count). The average molecular weight is 613 g/mol. The van der Waals surface area contributed by atoms with E-state index in [9.17, 15) is 13.2 Å². The van der Waals surface area contributed by atoms with Gasteiger partial charge in [0, 0.05) is 10.6 Å². The molecule has 0 bridgehead atoms. The normalized spacial score (nSPS) is 13.6. The van der Waals surface area contributed by atoms with E-state index in [1.54, 1.807) is 30.4 Å². The first kappa shape index (κ1) is 28.6. The van der Waals surface area contributed by atoms with Crippen LogP contribution >= 0.6 is 46.8 Å². The molecule has 2 aromatic carbocycles. The zero-order chi connectivity index (χ0) is 27.3. The van der Waals surface area contributed by atoms with Gasteiger partial charge in [-0.3, -0.25) is 4.72 Å². The van der Waals surface area contributed by atoms with E-state index in [4.69, 9.17) is 40.2 Å². The summed E-state index contributed by atoms with van der Waals surface area (Å²) in [5, 5.41) is 7.76. The Balaban J connectivity index is 1.47. The Hall–Kier alpha value is -2.37. The Bertz CT molecular complexity index is 1440. The number of nitrogens with one attached hydrogen (secondary N) is 3. The Morgan fingerprint density at radius 3 is 2.34 bits per heavy atom. The SMILES string of the molecule is CCOC(=O)c1c(NC(=S)Nc2ccc(S(=O)(=O)Nc3ccc(Cl)c(Cl)c3)cc2)sc2c1CCCCCC2. The number of halogens is 2. The number of thiophene rings is 1. The number of hydrogen-bond donors (Lipinski definition) is 3. The van der Waals surface area contributed by atoms with E-state index in [2.05, 4.69) is 15.4 Å². The molecule has 3 N–H and O–H groups in total. The van der Waals surface area contributed by atoms with Crippen molar-refractivity contribution in [3.8, 4) is 0 Å². The van der Waals surface area contributed by atoms with Crippen molar-refractivity contribution in [2.24, 2.45) is 0 Å². The second kappa shape index (κ2) is 12.7. The smallest absolute Gasteiger partial charge is 0.341 e. The molecule has 1 heterocycles. The number of carbonyl (C=O) groups is 1. The third kappa shape index (κ3) is 6.98. The summed E-state index contributed by atoms with van der Waals surface area (Å²) in [6.07, 6.45) is 6.23. The van der Waals surface area contributed by atoms with Crippen LogP contribution in [0.2, 0.25) is 10.0 Å². The highest BCUT2D eigenvalue weighted by Crippen LogP contribution is 2.38. The molecular weight excluding hydrogens is 585 g/mol. The molecule has 0 spiro atoms. The van der Waals surface area contributed by atoms with Crippen molar-refractivity contribution in [3.05, 3.63) is 68.5 Å². The van der Waals surface area contributed by atoms with Gasteiger partial charge in [0.05, 0.1) is 32.8 Å². The quantitative estimate of drug-likeness (QED) is 0.188. The van der Waals surface area contributed by atoms with Gasteiger partial charge >= 0.3 is 5.97 Å². The highest BCUT2D eigenvalue weighted by molar-refractivity contribution is 7.92. The summed E-state index contributed by atoms with van der Waals surface area (Å²) in [7, 11) is -3.84. The van der Waals surface area contributed by atoms with E-state index in [-0.39, 0.29) is 21.0 Å². The van der Waals surface area contributed by atoms with Gasteiger partial charge < -0.3 is 15.4 Å². The summed E-state index contributed by atoms with van der Waals surface area (Å²) in [6.45, 7) is 2.08. The van der Waals surface area contributed by atoms with Crippen LogP contribution in [-0.2, 0) is 27.6 Å². The zero-order valence-corrected chi connectivity index (χ0v) is 24.6. The standard InChI is InChI=1S/C26H27Cl2N3O4S3/c1-2-35-25(32)23-19-7-5-3-4-6-8-22(19)37-24(23)30-26(36)29-16-9-12-18(13-10-16)38(33,34)31-17-11-14-20(27)21(28)15-17/h9-15,31H,2-8H2,1H3,(H2,29,30,36). The van der Waals surface area contributed by atoms with Gasteiger partial charge in [-0.15, -0.1) is 11.3 Å². The highest BCUT2D eigenvalue weighted by Gasteiger charge is 2.26. The number of ether oxygens (including phenoxy) is 1. The maximum absolute atomic E-state index is 12.8. The van der Waals surface area contributed by atoms with E-state index in [1.165, 1.54) is 41.6 Å². The summed E-state index contributed by atoms with van der Waals surface area (Å²) in [6, 6.07) is 10.6. The Morgan fingerprint density at radius 2 is 1.66 bits per heavy atom. The number of aryl methyl sites for hydroxylation is 1. The van der Waals surface area contributed by atoms with Gasteiger partial charge in [-0.1, -0.05) is 36.0 Å². The molecule has 0 atom stereocenters. The third-order valence-electron chi connectivity index (χ3n) is 5.97. The van der Waals surface area contributed by atoms with Gasteiger partial charge in [-0.25, -0.2) is 13.2 Å². The molecule has 202 valence electrons. The van der Waals surface area contributed by atoms with Crippen molar-refractivity contribution in [2.75, 3.05) is 22.0 Å². The lowest BCUT2D eigenvalue weighted by molar-refractivity contribution is 0.0526. The maximum Gasteiger partial charge on any atom is 0.341 e. The molecule has 12 heteroatoms. The van der Waals surface area contributed by atoms with Crippen LogP contribution in [0, 0.1) is 0 Å². The number of hydrogen-bond acceptors (Lipinski definition) is 6. The highest BCUT2D eigenvalue weighted by atomic mass is 35.5. The molecule has 0 amide bonds. The fourth-order valence-electron chi connectivity index (χ4n) is 4.18. The molecule has 1 aliphatic carbocycles. The maximum atomic E-state index is 12.8. The number of rotatable bonds is 7. The van der Waals surface area contributed by atoms with Crippen molar-refractivity contribution in [2.45, 2.75) is 50.3 Å². The predicted octanol–water partition coefficient (Wildman–Crippen LogP) is 7.50. The lowest BCUT2D eigenvalue weighted by Gasteiger charge is -2.13. The first-order chi connectivity index (χ1) is 18.2. The molecule has 0 saturated carbocycles. The van der Waals surface area contributed by atoms with Gasteiger partial charge in [0.1, 0.15) is 5.00 Å². The number of anilines is 3. The van der Waals surface area contributed by atoms with E-state index in [0.29, 0.717) is 33.6 Å². The molecule has 7 nitrogen and oxygen atoms in total. The molecule has 1 aromatic heterocycles. The number of benzene rings is 2. The molecule has 0 saturated heterocycles. The van der Waals surface area contributed by atoms with Crippen molar-refractivity contribution < 1.29 is 17.9 Å². The van der Waals surface area contributed by atoms with E-state index in [0.717, 1.165) is 37.7 Å². The minimum atomic E-state index is -3.84. The van der Waals surface area contributed by atoms with Gasteiger partial charge in [0.25, 0.3) is 10.0 Å². The van der Waals surface area contributed by atoms with Crippen molar-refractivity contribution >= 4 is 84.2 Å². The van der Waals surface area contributed by atoms with Crippen molar-refractivity contribution in [3.63, 3.8) is 0 Å². The first-order valence-corrected chi connectivity index (χ1v) is 15.6. The van der Waals surface area contributed by atoms with Crippen molar-refractivity contribution in [1.29, 1.82) is 0 Å². The molecule has 3 aromatic rings. The van der Waals surface area contributed by atoms with Crippen LogP contribution in [0.15, 0.2) is 47.4 Å². The van der Waals surface area contributed by atoms with Gasteiger partial charge in [-0.05, 0) is 92.9 Å². The number of carbonyl (C=O) groups excluding carboxylic acids is 1. The molecule has 0 radical (unpaired) electrons. The zero-order valence-electron chi connectivity index (χ0n) is 20.6. The summed E-state index contributed by atoms with van der Waals surface area (Å²) < 4.78 is 33.4. The van der Waals surface area contributed by atoms with E-state index >= 15 is 0 Å². The Morgan fingerprint density at radius 1 is 0.974 bits per heavy atom. The summed E-state index contributed by atoms with van der Waals surface area (Å²) in [5.41, 5.74) is 2.51. The van der Waals surface area contributed by atoms with Gasteiger partial charge in [0.15, 0.2) is 5.11 Å². The fraction of sp³-hybridized carbons (Fsp3) is 0.308. The summed E-state index contributed by atoms with van der Waals surface area (Å²) >= 11 is 18.9. The number of esters is 1. The number of fused-ring (bicyclic) bond motifs is 1. The molecule has 1 aliphatic rings. The lowest BCUT2D eigenvalue weighted by Crippen LogP contribution is -2.20. The number of sulfonamides is 1. The van der Waals surface area contributed by atoms with Crippen molar-refractivity contribution in [1.82, 2.24) is 0 Å². The number of thiocarbonyl (C=S) groups is 1. The van der Waals surface area contributed by atoms with Crippen LogP contribution in [0.4, 0.5) is 16.4 Å². The van der Waals surface area contributed by atoms with Crippen LogP contribution in [0.1, 0.15) is 53.4 Å². The Kier molecular flexibility index (Phi) is 9.54. The third-order valence-corrected chi connectivity index (χ3v) is 9.52. The summed E-state index contributed by atoms with van der Waals surface area (Å²) in [4.78, 5) is 14.1. The van der Waals surface area contributed by atoms with Crippen LogP contribution in [-0.4, -0.2) is 26.1 Å². The first-order valence-electron chi connectivity index (χ1n) is 12.2. The van der Waals surface area contributed by atoms with Crippen LogP contribution in [0.3, 0.4) is 0 Å². The predicted molar refractivity (Wildman–Crippen MR) is 160 cm³/mol. The molecule has 0 unspecified atom stereocenters. The van der Waals surface area contributed by atoms with Gasteiger partial charge in [0.2, 0.25) is 0 Å². The Labute approximate surface area is 241 Å². The largest absolute Gasteiger partial charge is 0.462 e. The second-order valence-electron chi connectivity index (χ2n) is 8.68. The van der Waals surface area contributed by atoms with E-state index < -0.39 is 10.0 Å². The molecular formula is C26H27Cl2N3O4S3. The molecule has 0 aliphatic heterocycles. The summed E-state index contributed by atoms with van der Waals surface area (Å²) in [5.74, 6) is -0.347. The minimum Gasteiger partial charge on any atom is -0.462 e. The topological polar surface area (TPSA) is 96.5 Å². The minimum absolute atomic E-state index is 0.0654. The second-order valence-corrected chi connectivity index (χ2v) is 12.7. The lowest BCUT2D eigenvalue weighted by atomic mass is 9.96. The van der Waals surface area contributed by atoms with E-state index in [1.807, 2.05) is 0 Å². The molecule has 0 fully saturated rings. The van der Waals surface area contributed by atoms with Gasteiger partial charge in [-0.2, -0.15) is 0 Å². The van der Waals surface area contributed by atoms with Crippen LogP contribution in [0.25, 0.3) is 0 Å². The van der Waals surface area contributed by atoms with Crippen LogP contribution < -0.4 is 15.4 Å². The van der Waals surface area contributed by atoms with Crippen LogP contribution in [0.5, 0.6) is 0 Å². The fourth-order valence-corrected chi connectivity index (χ4v) is 7.10. The average Bonchev–Trinajstić information content (AvgIpc) is 3.17.